The van der Waals surface area contributed by atoms with Crippen LogP contribution in [0, 0.1) is 6.92 Å². The normalized spacial score (nSPS) is 16.6. The highest BCUT2D eigenvalue weighted by Crippen LogP contribution is 2.37. The van der Waals surface area contributed by atoms with E-state index in [-0.39, 0.29) is 22.2 Å². The number of allylic oxidation sites excluding steroid dienone is 1. The Morgan fingerprint density at radius 3 is 2.72 bits per heavy atom. The summed E-state index contributed by atoms with van der Waals surface area (Å²) in [4.78, 5) is 35.9. The Labute approximate surface area is 147 Å². The van der Waals surface area contributed by atoms with Gasteiger partial charge < -0.3 is 10.7 Å². The van der Waals surface area contributed by atoms with Gasteiger partial charge in [-0.25, -0.2) is 19.3 Å². The van der Waals surface area contributed by atoms with Crippen LogP contribution in [0.1, 0.15) is 33.5 Å². The number of aryl methyl sites for hydroxylation is 1. The molecule has 0 saturated heterocycles. The molecule has 1 atom stereocenters. The average molecular weight is 353 g/mol. The SMILES string of the molecule is Cc1ccc(-n2c(=O)[nH]c3c(C(N)=O)nc(C4CC=CS4)nc32)cc1. The molecule has 4 rings (SSSR count). The van der Waals surface area contributed by atoms with Gasteiger partial charge in [-0.15, -0.1) is 11.8 Å². The minimum Gasteiger partial charge on any atom is -0.364 e. The second-order valence-electron chi connectivity index (χ2n) is 5.83. The molecule has 126 valence electrons. The molecule has 7 nitrogen and oxygen atoms in total. The van der Waals surface area contributed by atoms with Crippen molar-refractivity contribution in [3.63, 3.8) is 0 Å². The summed E-state index contributed by atoms with van der Waals surface area (Å²) in [5.41, 5.74) is 7.51. The van der Waals surface area contributed by atoms with Gasteiger partial charge in [-0.3, -0.25) is 4.79 Å². The first kappa shape index (κ1) is 15.6. The fourth-order valence-electron chi connectivity index (χ4n) is 2.81. The summed E-state index contributed by atoms with van der Waals surface area (Å²) in [6.45, 7) is 1.97. The Balaban J connectivity index is 2.00. The van der Waals surface area contributed by atoms with E-state index in [1.165, 1.54) is 4.57 Å². The van der Waals surface area contributed by atoms with E-state index in [0.29, 0.717) is 17.2 Å². The van der Waals surface area contributed by atoms with Crippen molar-refractivity contribution >= 4 is 28.8 Å². The molecule has 3 N–H and O–H groups in total. The number of primary amides is 1. The molecule has 1 aliphatic heterocycles. The molecular weight excluding hydrogens is 338 g/mol. The van der Waals surface area contributed by atoms with Crippen molar-refractivity contribution in [2.75, 3.05) is 0 Å². The number of nitrogens with two attached hydrogens (primary N) is 1. The van der Waals surface area contributed by atoms with Gasteiger partial charge in [-0.2, -0.15) is 0 Å². The van der Waals surface area contributed by atoms with E-state index in [1.807, 2.05) is 42.7 Å². The fourth-order valence-corrected chi connectivity index (χ4v) is 3.67. The van der Waals surface area contributed by atoms with Crippen LogP contribution < -0.4 is 11.4 Å². The average Bonchev–Trinajstić information content (AvgIpc) is 3.22. The van der Waals surface area contributed by atoms with Gasteiger partial charge in [0.2, 0.25) is 0 Å². The predicted octanol–water partition coefficient (Wildman–Crippen LogP) is 2.21. The number of imidazole rings is 1. The number of H-pyrrole nitrogens is 1. The lowest BCUT2D eigenvalue weighted by Crippen LogP contribution is -2.16. The fraction of sp³-hybridized carbons (Fsp3) is 0.176. The Morgan fingerprint density at radius 2 is 2.08 bits per heavy atom. The highest BCUT2D eigenvalue weighted by atomic mass is 32.2. The summed E-state index contributed by atoms with van der Waals surface area (Å²) in [6, 6.07) is 7.49. The lowest BCUT2D eigenvalue weighted by molar-refractivity contribution is 0.0996. The molecule has 1 aliphatic rings. The number of aromatic nitrogens is 4. The van der Waals surface area contributed by atoms with Gasteiger partial charge in [0.15, 0.2) is 11.3 Å². The quantitative estimate of drug-likeness (QED) is 0.751. The number of hydrogen-bond donors (Lipinski definition) is 2. The van der Waals surface area contributed by atoms with E-state index in [4.69, 9.17) is 5.73 Å². The number of carbonyl (C=O) groups excluding carboxylic acids is 1. The smallest absolute Gasteiger partial charge is 0.332 e. The van der Waals surface area contributed by atoms with Crippen molar-refractivity contribution in [3.8, 4) is 5.69 Å². The van der Waals surface area contributed by atoms with E-state index in [1.54, 1.807) is 11.8 Å². The molecule has 3 aromatic rings. The molecule has 25 heavy (non-hydrogen) atoms. The van der Waals surface area contributed by atoms with Gasteiger partial charge in [-0.05, 0) is 30.9 Å². The van der Waals surface area contributed by atoms with Gasteiger partial charge in [-0.1, -0.05) is 23.8 Å². The molecule has 8 heteroatoms. The van der Waals surface area contributed by atoms with Gasteiger partial charge in [0, 0.05) is 0 Å². The maximum Gasteiger partial charge on any atom is 0.332 e. The topological polar surface area (TPSA) is 107 Å². The number of rotatable bonds is 3. The highest BCUT2D eigenvalue weighted by molar-refractivity contribution is 8.02. The van der Waals surface area contributed by atoms with Crippen LogP contribution in [0.3, 0.4) is 0 Å². The number of hydrogen-bond acceptors (Lipinski definition) is 5. The van der Waals surface area contributed by atoms with Crippen LogP contribution in [0.5, 0.6) is 0 Å². The van der Waals surface area contributed by atoms with Gasteiger partial charge >= 0.3 is 5.69 Å². The molecule has 0 bridgehead atoms. The molecular formula is C17H15N5O2S. The standard InChI is InChI=1S/C17H15N5O2S/c1-9-4-6-10(7-5-9)22-16-13(20-17(22)24)12(14(18)23)19-15(21-16)11-3-2-8-25-11/h2,4-8,11H,3H2,1H3,(H2,18,23)(H,20,24). The van der Waals surface area contributed by atoms with Gasteiger partial charge in [0.05, 0.1) is 10.9 Å². The Bertz CT molecular complexity index is 1060. The Kier molecular flexibility index (Phi) is 3.69. The molecule has 1 amide bonds. The van der Waals surface area contributed by atoms with Crippen molar-refractivity contribution < 1.29 is 4.79 Å². The summed E-state index contributed by atoms with van der Waals surface area (Å²) >= 11 is 1.58. The second-order valence-corrected chi connectivity index (χ2v) is 6.94. The molecule has 0 fully saturated rings. The highest BCUT2D eigenvalue weighted by Gasteiger charge is 2.24. The molecule has 1 unspecified atom stereocenters. The van der Waals surface area contributed by atoms with E-state index >= 15 is 0 Å². The van der Waals surface area contributed by atoms with Gasteiger partial charge in [0.1, 0.15) is 11.3 Å². The van der Waals surface area contributed by atoms with Crippen LogP contribution in [0.2, 0.25) is 0 Å². The van der Waals surface area contributed by atoms with E-state index < -0.39 is 5.91 Å². The zero-order chi connectivity index (χ0) is 17.6. The summed E-state index contributed by atoms with van der Waals surface area (Å²) in [5.74, 6) is -0.196. The summed E-state index contributed by atoms with van der Waals surface area (Å²) in [7, 11) is 0. The summed E-state index contributed by atoms with van der Waals surface area (Å²) < 4.78 is 1.44. The molecule has 2 aromatic heterocycles. The third-order valence-corrected chi connectivity index (χ3v) is 5.14. The first-order valence-corrected chi connectivity index (χ1v) is 8.69. The van der Waals surface area contributed by atoms with E-state index in [0.717, 1.165) is 12.0 Å². The van der Waals surface area contributed by atoms with Gasteiger partial charge in [0.25, 0.3) is 5.91 Å². The number of thioether (sulfide) groups is 1. The largest absolute Gasteiger partial charge is 0.364 e. The Morgan fingerprint density at radius 1 is 1.32 bits per heavy atom. The molecule has 1 aromatic carbocycles. The first-order chi connectivity index (χ1) is 12.0. The minimum atomic E-state index is -0.693. The predicted molar refractivity (Wildman–Crippen MR) is 96.8 cm³/mol. The van der Waals surface area contributed by atoms with Crippen LogP contribution >= 0.6 is 11.8 Å². The molecule has 0 spiro atoms. The number of carbonyl (C=O) groups is 1. The van der Waals surface area contributed by atoms with Crippen LogP contribution in [0.25, 0.3) is 16.9 Å². The number of benzene rings is 1. The maximum atomic E-state index is 12.5. The summed E-state index contributed by atoms with van der Waals surface area (Å²) in [6.07, 6.45) is 2.80. The Hall–Kier alpha value is -2.87. The zero-order valence-electron chi connectivity index (χ0n) is 13.4. The van der Waals surface area contributed by atoms with Crippen molar-refractivity contribution in [2.24, 2.45) is 5.73 Å². The van der Waals surface area contributed by atoms with Crippen LogP contribution in [-0.4, -0.2) is 25.4 Å². The minimum absolute atomic E-state index is 0.0129. The molecule has 0 aliphatic carbocycles. The van der Waals surface area contributed by atoms with Crippen molar-refractivity contribution in [1.82, 2.24) is 19.5 Å². The van der Waals surface area contributed by atoms with Crippen molar-refractivity contribution in [3.05, 3.63) is 63.3 Å². The third-order valence-electron chi connectivity index (χ3n) is 4.06. The number of nitrogens with zero attached hydrogens (tertiary/aromatic N) is 3. The second kappa shape index (κ2) is 5.89. The lowest BCUT2D eigenvalue weighted by Gasteiger charge is -2.10. The van der Waals surface area contributed by atoms with Crippen molar-refractivity contribution in [1.29, 1.82) is 0 Å². The summed E-state index contributed by atoms with van der Waals surface area (Å²) in [5, 5.41) is 1.99. The van der Waals surface area contributed by atoms with E-state index in [2.05, 4.69) is 15.0 Å². The number of fused-ring (bicyclic) bond motifs is 1. The molecule has 3 heterocycles. The van der Waals surface area contributed by atoms with E-state index in [9.17, 15) is 9.59 Å². The first-order valence-electron chi connectivity index (χ1n) is 7.74. The van der Waals surface area contributed by atoms with Crippen LogP contribution in [-0.2, 0) is 0 Å². The van der Waals surface area contributed by atoms with Crippen molar-refractivity contribution in [2.45, 2.75) is 18.6 Å². The third kappa shape index (κ3) is 2.64. The lowest BCUT2D eigenvalue weighted by atomic mass is 10.2. The van der Waals surface area contributed by atoms with Crippen LogP contribution in [0.15, 0.2) is 40.5 Å². The number of nitrogens with one attached hydrogen (secondary N) is 1. The maximum absolute atomic E-state index is 12.5. The molecule has 0 saturated carbocycles. The monoisotopic (exact) mass is 353 g/mol. The number of aromatic amines is 1. The number of amides is 1. The zero-order valence-corrected chi connectivity index (χ0v) is 14.2. The molecule has 0 radical (unpaired) electrons. The van der Waals surface area contributed by atoms with Crippen LogP contribution in [0.4, 0.5) is 0 Å².